The van der Waals surface area contributed by atoms with E-state index in [-0.39, 0.29) is 6.61 Å². The van der Waals surface area contributed by atoms with Gasteiger partial charge in [0.05, 0.1) is 22.3 Å². The molecule has 2 aromatic rings. The molecule has 1 aromatic heterocycles. The van der Waals surface area contributed by atoms with E-state index >= 15 is 0 Å². The van der Waals surface area contributed by atoms with Gasteiger partial charge in [0.2, 0.25) is 0 Å². The molecule has 0 saturated heterocycles. The van der Waals surface area contributed by atoms with E-state index in [1.54, 1.807) is 12.1 Å². The van der Waals surface area contributed by atoms with Crippen LogP contribution in [0.2, 0.25) is 0 Å². The zero-order valence-corrected chi connectivity index (χ0v) is 16.0. The maximum atomic E-state index is 11.7. The van der Waals surface area contributed by atoms with Crippen LogP contribution in [-0.4, -0.2) is 36.2 Å². The van der Waals surface area contributed by atoms with Crippen LogP contribution in [0.25, 0.3) is 17.3 Å². The van der Waals surface area contributed by atoms with Crippen LogP contribution in [-0.2, 0) is 9.84 Å². The summed E-state index contributed by atoms with van der Waals surface area (Å²) in [6.07, 6.45) is 11.6. The van der Waals surface area contributed by atoms with Crippen molar-refractivity contribution in [3.05, 3.63) is 42.1 Å². The molecule has 26 heavy (non-hydrogen) atoms. The number of nitrogens with zero attached hydrogens (tertiary/aromatic N) is 2. The molecule has 0 aliphatic heterocycles. The maximum Gasteiger partial charge on any atom is 0.175 e. The highest BCUT2D eigenvalue weighted by Crippen LogP contribution is 2.33. The number of aliphatic hydroxyl groups excluding tert-OH is 1. The highest BCUT2D eigenvalue weighted by Gasteiger charge is 2.20. The molecule has 1 aliphatic carbocycles. The summed E-state index contributed by atoms with van der Waals surface area (Å²) < 4.78 is 25.5. The number of hydrogen-bond donors (Lipinski definition) is 1. The Kier molecular flexibility index (Phi) is 5.94. The molecule has 1 heterocycles. The third kappa shape index (κ3) is 4.43. The Balaban J connectivity index is 1.97. The fraction of sp³-hybridized carbons (Fsp3) is 0.450. The fourth-order valence-corrected chi connectivity index (χ4v) is 4.10. The van der Waals surface area contributed by atoms with Crippen molar-refractivity contribution < 1.29 is 13.5 Å². The Hall–Kier alpha value is -1.92. The third-order valence-corrected chi connectivity index (χ3v) is 5.97. The number of benzene rings is 1. The van der Waals surface area contributed by atoms with Gasteiger partial charge in [0, 0.05) is 12.9 Å². The van der Waals surface area contributed by atoms with Gasteiger partial charge in [-0.1, -0.05) is 37.5 Å². The molecule has 1 fully saturated rings. The largest absolute Gasteiger partial charge is 0.396 e. The van der Waals surface area contributed by atoms with Gasteiger partial charge in [-0.3, -0.25) is 4.68 Å². The van der Waals surface area contributed by atoms with Gasteiger partial charge in [-0.25, -0.2) is 8.42 Å². The van der Waals surface area contributed by atoms with E-state index in [0.717, 1.165) is 29.8 Å². The SMILES string of the molecule is CS(=O)(=O)c1ccc(-c2cc(/C=C/CCO)nn2C2CCCCC2)cc1. The van der Waals surface area contributed by atoms with E-state index in [4.69, 9.17) is 10.2 Å². The molecule has 0 atom stereocenters. The summed E-state index contributed by atoms with van der Waals surface area (Å²) in [6.45, 7) is 0.125. The van der Waals surface area contributed by atoms with Crippen molar-refractivity contribution in [3.8, 4) is 11.3 Å². The zero-order valence-electron chi connectivity index (χ0n) is 15.1. The van der Waals surface area contributed by atoms with Crippen molar-refractivity contribution in [1.29, 1.82) is 0 Å². The standard InChI is InChI=1S/C20H26N2O3S/c1-26(24,25)19-12-10-16(11-13-19)20-15-17(7-5-6-14-23)21-22(20)18-8-3-2-4-9-18/h5,7,10-13,15,18,23H,2-4,6,8-9,14H2,1H3/b7-5+. The molecule has 6 heteroatoms. The van der Waals surface area contributed by atoms with Gasteiger partial charge in [-0.15, -0.1) is 0 Å². The Bertz CT molecular complexity index is 861. The predicted molar refractivity (Wildman–Crippen MR) is 104 cm³/mol. The molecule has 0 radical (unpaired) electrons. The molecular weight excluding hydrogens is 348 g/mol. The summed E-state index contributed by atoms with van der Waals surface area (Å²) in [4.78, 5) is 0.327. The van der Waals surface area contributed by atoms with Gasteiger partial charge in [0.25, 0.3) is 0 Å². The summed E-state index contributed by atoms with van der Waals surface area (Å²) in [5.41, 5.74) is 2.85. The lowest BCUT2D eigenvalue weighted by Crippen LogP contribution is -2.15. The van der Waals surface area contributed by atoms with Crippen LogP contribution in [0.3, 0.4) is 0 Å². The summed E-state index contributed by atoms with van der Waals surface area (Å²) in [6, 6.07) is 9.45. The molecule has 3 rings (SSSR count). The highest BCUT2D eigenvalue weighted by molar-refractivity contribution is 7.90. The van der Waals surface area contributed by atoms with Crippen molar-refractivity contribution >= 4 is 15.9 Å². The molecule has 5 nitrogen and oxygen atoms in total. The van der Waals surface area contributed by atoms with Crippen molar-refractivity contribution in [2.75, 3.05) is 12.9 Å². The molecule has 1 aliphatic rings. The van der Waals surface area contributed by atoms with Crippen molar-refractivity contribution in [1.82, 2.24) is 9.78 Å². The van der Waals surface area contributed by atoms with Gasteiger partial charge < -0.3 is 5.11 Å². The van der Waals surface area contributed by atoms with E-state index in [1.165, 1.54) is 25.5 Å². The number of hydrogen-bond acceptors (Lipinski definition) is 4. The normalized spacial score (nSPS) is 16.4. The van der Waals surface area contributed by atoms with Crippen LogP contribution in [0.15, 0.2) is 41.3 Å². The molecule has 140 valence electrons. The van der Waals surface area contributed by atoms with Crippen LogP contribution in [0, 0.1) is 0 Å². The first-order valence-corrected chi connectivity index (χ1v) is 11.1. The van der Waals surface area contributed by atoms with Crippen LogP contribution in [0.5, 0.6) is 0 Å². The number of sulfone groups is 1. The third-order valence-electron chi connectivity index (χ3n) is 4.84. The summed E-state index contributed by atoms with van der Waals surface area (Å²) in [7, 11) is -3.20. The van der Waals surface area contributed by atoms with Crippen molar-refractivity contribution in [2.45, 2.75) is 49.5 Å². The molecule has 0 bridgehead atoms. The highest BCUT2D eigenvalue weighted by atomic mass is 32.2. The van der Waals surface area contributed by atoms with Gasteiger partial charge in [0.15, 0.2) is 9.84 Å². The average molecular weight is 375 g/mol. The minimum absolute atomic E-state index is 0.125. The topological polar surface area (TPSA) is 72.2 Å². The van der Waals surface area contributed by atoms with Crippen LogP contribution < -0.4 is 0 Å². The molecule has 0 unspecified atom stereocenters. The molecular formula is C20H26N2O3S. The average Bonchev–Trinajstić information content (AvgIpc) is 3.06. The van der Waals surface area contributed by atoms with Gasteiger partial charge >= 0.3 is 0 Å². The predicted octanol–water partition coefficient (Wildman–Crippen LogP) is 3.85. The lowest BCUT2D eigenvalue weighted by Gasteiger charge is -2.24. The Morgan fingerprint density at radius 3 is 2.50 bits per heavy atom. The Labute approximate surface area is 155 Å². The summed E-state index contributed by atoms with van der Waals surface area (Å²) in [5.74, 6) is 0. The summed E-state index contributed by atoms with van der Waals surface area (Å²) >= 11 is 0. The van der Waals surface area contributed by atoms with Crippen molar-refractivity contribution in [2.24, 2.45) is 0 Å². The summed E-state index contributed by atoms with van der Waals surface area (Å²) in [5, 5.41) is 13.7. The fourth-order valence-electron chi connectivity index (χ4n) is 3.47. The monoisotopic (exact) mass is 374 g/mol. The smallest absolute Gasteiger partial charge is 0.175 e. The Morgan fingerprint density at radius 1 is 1.19 bits per heavy atom. The second kappa shape index (κ2) is 8.18. The van der Waals surface area contributed by atoms with E-state index < -0.39 is 9.84 Å². The number of aromatic nitrogens is 2. The molecule has 0 amide bonds. The first kappa shape index (κ1) is 18.9. The lowest BCUT2D eigenvalue weighted by molar-refractivity contribution is 0.303. The maximum absolute atomic E-state index is 11.7. The quantitative estimate of drug-likeness (QED) is 0.833. The second-order valence-electron chi connectivity index (χ2n) is 6.90. The first-order chi connectivity index (χ1) is 12.5. The minimum atomic E-state index is -3.20. The van der Waals surface area contributed by atoms with E-state index in [0.29, 0.717) is 17.4 Å². The minimum Gasteiger partial charge on any atom is -0.396 e. The molecule has 0 spiro atoms. The zero-order chi connectivity index (χ0) is 18.6. The van der Waals surface area contributed by atoms with Crippen LogP contribution in [0.1, 0.15) is 50.3 Å². The molecule has 1 aromatic carbocycles. The Morgan fingerprint density at radius 2 is 1.88 bits per heavy atom. The number of aliphatic hydroxyl groups is 1. The van der Waals surface area contributed by atoms with E-state index in [2.05, 4.69) is 4.68 Å². The van der Waals surface area contributed by atoms with Gasteiger partial charge in [0.1, 0.15) is 0 Å². The lowest BCUT2D eigenvalue weighted by atomic mass is 9.95. The second-order valence-corrected chi connectivity index (χ2v) is 8.92. The molecule has 1 saturated carbocycles. The van der Waals surface area contributed by atoms with Crippen molar-refractivity contribution in [3.63, 3.8) is 0 Å². The van der Waals surface area contributed by atoms with Gasteiger partial charge in [-0.05, 0) is 49.1 Å². The van der Waals surface area contributed by atoms with E-state index in [1.807, 2.05) is 30.4 Å². The first-order valence-electron chi connectivity index (χ1n) is 9.16. The van der Waals surface area contributed by atoms with Crippen LogP contribution in [0.4, 0.5) is 0 Å². The van der Waals surface area contributed by atoms with E-state index in [9.17, 15) is 8.42 Å². The molecule has 1 N–H and O–H groups in total. The van der Waals surface area contributed by atoms with Crippen LogP contribution >= 0.6 is 0 Å². The van der Waals surface area contributed by atoms with Gasteiger partial charge in [-0.2, -0.15) is 5.10 Å². The number of rotatable bonds is 6.